The Kier molecular flexibility index (Phi) is 7.61. The molecule has 1 fully saturated rings. The number of rotatable bonds is 7. The van der Waals surface area contributed by atoms with Gasteiger partial charge in [0, 0.05) is 21.4 Å². The van der Waals surface area contributed by atoms with E-state index in [2.05, 4.69) is 10.3 Å². The fourth-order valence-electron chi connectivity index (χ4n) is 4.76. The first kappa shape index (κ1) is 28.7. The molecule has 41 heavy (non-hydrogen) atoms. The first-order chi connectivity index (χ1) is 19.3. The van der Waals surface area contributed by atoms with Gasteiger partial charge in [-0.05, 0) is 30.3 Å². The number of carboxylic acid groups (broad SMARTS) is 1. The molecule has 1 saturated heterocycles. The van der Waals surface area contributed by atoms with Gasteiger partial charge in [0.05, 0.1) is 22.2 Å². The van der Waals surface area contributed by atoms with Gasteiger partial charge < -0.3 is 20.1 Å². The average Bonchev–Trinajstić information content (AvgIpc) is 3.38. The SMILES string of the molecule is O=C(O)CN1C(=O)C2Sc3[nH]c(=O)sc3[C@@H](c3cc(Cl)ccc3OCC(=O)Nc3ccccc3C(F)(F)F)C2C1=O. The van der Waals surface area contributed by atoms with Crippen molar-refractivity contribution in [1.82, 2.24) is 9.88 Å². The molecule has 3 atom stereocenters. The minimum atomic E-state index is -4.71. The minimum Gasteiger partial charge on any atom is -0.483 e. The molecule has 2 aliphatic rings. The molecule has 2 aromatic carbocycles. The minimum absolute atomic E-state index is 0.0213. The standard InChI is InChI=1S/C25H17ClF3N3O7S2/c26-10-5-6-14(39-9-15(33)30-13-4-2-1-3-12(13)25(27,28)29)11(7-10)17-18-20(40-21-19(17)41-24(38)31-21)23(37)32(22(18)36)8-16(34)35/h1-7,17-18,20H,8-9H2,(H,30,33)(H,31,38)(H,34,35)/t17-,18?,20?/m0/s1. The van der Waals surface area contributed by atoms with Gasteiger partial charge in [-0.25, -0.2) is 0 Å². The zero-order valence-electron chi connectivity index (χ0n) is 20.4. The molecular weight excluding hydrogens is 611 g/mol. The van der Waals surface area contributed by atoms with Gasteiger partial charge in [-0.2, -0.15) is 13.2 Å². The number of H-pyrrole nitrogens is 1. The predicted molar refractivity (Wildman–Crippen MR) is 141 cm³/mol. The second kappa shape index (κ2) is 10.9. The number of likely N-dealkylation sites (tertiary alicyclic amines) is 1. The zero-order valence-corrected chi connectivity index (χ0v) is 22.7. The van der Waals surface area contributed by atoms with Crippen LogP contribution in [-0.4, -0.2) is 57.1 Å². The van der Waals surface area contributed by atoms with Gasteiger partial charge in [0.25, 0.3) is 5.91 Å². The monoisotopic (exact) mass is 627 g/mol. The molecule has 10 nitrogen and oxygen atoms in total. The summed E-state index contributed by atoms with van der Waals surface area (Å²) in [4.78, 5) is 65.8. The molecule has 3 aromatic rings. The summed E-state index contributed by atoms with van der Waals surface area (Å²) in [5, 5.41) is 10.9. The van der Waals surface area contributed by atoms with Crippen molar-refractivity contribution in [2.45, 2.75) is 22.4 Å². The lowest BCUT2D eigenvalue weighted by molar-refractivity contribution is -0.149. The van der Waals surface area contributed by atoms with E-state index in [9.17, 15) is 42.3 Å². The van der Waals surface area contributed by atoms with Crippen molar-refractivity contribution in [3.05, 3.63) is 73.2 Å². The molecule has 2 aliphatic heterocycles. The zero-order chi connectivity index (χ0) is 29.6. The number of nitrogens with one attached hydrogen (secondary N) is 2. The Morgan fingerprint density at radius 2 is 1.85 bits per heavy atom. The number of imide groups is 1. The van der Waals surface area contributed by atoms with E-state index >= 15 is 0 Å². The van der Waals surface area contributed by atoms with Crippen LogP contribution in [0.15, 0.2) is 52.3 Å². The van der Waals surface area contributed by atoms with Crippen molar-refractivity contribution in [2.75, 3.05) is 18.5 Å². The molecule has 214 valence electrons. The average molecular weight is 628 g/mol. The summed E-state index contributed by atoms with van der Waals surface area (Å²) >= 11 is 7.98. The van der Waals surface area contributed by atoms with Gasteiger partial charge in [-0.3, -0.25) is 28.9 Å². The van der Waals surface area contributed by atoms with E-state index in [1.54, 1.807) is 0 Å². The van der Waals surface area contributed by atoms with Crippen molar-refractivity contribution < 1.29 is 42.2 Å². The highest BCUT2D eigenvalue weighted by atomic mass is 35.5. The van der Waals surface area contributed by atoms with Crippen LogP contribution in [0.4, 0.5) is 18.9 Å². The molecule has 2 unspecified atom stereocenters. The maximum absolute atomic E-state index is 13.4. The van der Waals surface area contributed by atoms with E-state index in [-0.39, 0.29) is 16.3 Å². The Bertz CT molecular complexity index is 1640. The molecule has 1 aromatic heterocycles. The second-order valence-corrected chi connectivity index (χ2v) is 11.6. The molecule has 0 saturated carbocycles. The normalized spacial score (nSPS) is 20.0. The number of ether oxygens (including phenoxy) is 1. The molecule has 0 bridgehead atoms. The number of carboxylic acids is 1. The highest BCUT2D eigenvalue weighted by molar-refractivity contribution is 8.00. The number of carbonyl (C=O) groups is 4. The van der Waals surface area contributed by atoms with Crippen LogP contribution >= 0.6 is 34.7 Å². The summed E-state index contributed by atoms with van der Waals surface area (Å²) in [6, 6.07) is 8.65. The van der Waals surface area contributed by atoms with E-state index in [1.165, 1.54) is 30.3 Å². The maximum atomic E-state index is 13.4. The van der Waals surface area contributed by atoms with Crippen molar-refractivity contribution >= 4 is 64.1 Å². The molecule has 5 rings (SSSR count). The van der Waals surface area contributed by atoms with E-state index in [1.807, 2.05) is 0 Å². The predicted octanol–water partition coefficient (Wildman–Crippen LogP) is 3.80. The summed E-state index contributed by atoms with van der Waals surface area (Å²) < 4.78 is 45.7. The lowest BCUT2D eigenvalue weighted by Crippen LogP contribution is -2.36. The number of halogens is 4. The number of aromatic amines is 1. The molecular formula is C25H17ClF3N3O7S2. The molecule has 0 aliphatic carbocycles. The summed E-state index contributed by atoms with van der Waals surface area (Å²) in [5.74, 6) is -5.89. The molecule has 3 amide bonds. The largest absolute Gasteiger partial charge is 0.483 e. The van der Waals surface area contributed by atoms with Crippen molar-refractivity contribution in [3.8, 4) is 5.75 Å². The Labute approximate surface area is 241 Å². The van der Waals surface area contributed by atoms with E-state index in [4.69, 9.17) is 16.3 Å². The summed E-state index contributed by atoms with van der Waals surface area (Å²) in [6.45, 7) is -1.58. The number of aliphatic carboxylic acids is 1. The number of thiazole rings is 1. The number of amides is 3. The van der Waals surface area contributed by atoms with Gasteiger partial charge >= 0.3 is 17.0 Å². The molecule has 16 heteroatoms. The number of aromatic nitrogens is 1. The summed E-state index contributed by atoms with van der Waals surface area (Å²) in [6.07, 6.45) is -4.71. The number of fused-ring (bicyclic) bond motifs is 2. The Balaban J connectivity index is 1.48. The number of anilines is 1. The lowest BCUT2D eigenvalue weighted by Gasteiger charge is -2.31. The van der Waals surface area contributed by atoms with Crippen LogP contribution < -0.4 is 14.9 Å². The highest BCUT2D eigenvalue weighted by Gasteiger charge is 2.56. The van der Waals surface area contributed by atoms with Crippen molar-refractivity contribution in [2.24, 2.45) is 5.92 Å². The van der Waals surface area contributed by atoms with Gasteiger partial charge in [0.15, 0.2) is 6.61 Å². The van der Waals surface area contributed by atoms with Crippen molar-refractivity contribution in [3.63, 3.8) is 0 Å². The Morgan fingerprint density at radius 3 is 2.56 bits per heavy atom. The molecule has 3 N–H and O–H groups in total. The molecule has 0 radical (unpaired) electrons. The lowest BCUT2D eigenvalue weighted by atomic mass is 9.82. The van der Waals surface area contributed by atoms with Crippen LogP contribution in [0.3, 0.4) is 0 Å². The van der Waals surface area contributed by atoms with Crippen LogP contribution in [0.5, 0.6) is 5.75 Å². The third kappa shape index (κ3) is 5.56. The van der Waals surface area contributed by atoms with Crippen LogP contribution in [-0.2, 0) is 25.4 Å². The second-order valence-electron chi connectivity index (χ2n) is 8.97. The smallest absolute Gasteiger partial charge is 0.418 e. The first-order valence-corrected chi connectivity index (χ1v) is 13.8. The van der Waals surface area contributed by atoms with Gasteiger partial charge in [-0.1, -0.05) is 46.8 Å². The van der Waals surface area contributed by atoms with E-state index in [0.29, 0.717) is 14.8 Å². The van der Waals surface area contributed by atoms with E-state index in [0.717, 1.165) is 35.2 Å². The summed E-state index contributed by atoms with van der Waals surface area (Å²) in [7, 11) is 0. The fourth-order valence-corrected chi connectivity index (χ4v) is 7.47. The van der Waals surface area contributed by atoms with E-state index < -0.39 is 76.2 Å². The van der Waals surface area contributed by atoms with Crippen LogP contribution in [0.1, 0.15) is 21.9 Å². The quantitative estimate of drug-likeness (QED) is 0.336. The van der Waals surface area contributed by atoms with Gasteiger partial charge in [-0.15, -0.1) is 0 Å². The summed E-state index contributed by atoms with van der Waals surface area (Å²) in [5.41, 5.74) is -1.28. The van der Waals surface area contributed by atoms with Gasteiger partial charge in [0.1, 0.15) is 17.5 Å². The third-order valence-corrected chi connectivity index (χ3v) is 9.02. The number of benzene rings is 2. The van der Waals surface area contributed by atoms with Crippen molar-refractivity contribution in [1.29, 1.82) is 0 Å². The maximum Gasteiger partial charge on any atom is 0.418 e. The van der Waals surface area contributed by atoms with Crippen LogP contribution in [0, 0.1) is 5.92 Å². The number of carbonyl (C=O) groups excluding carboxylic acids is 3. The first-order valence-electron chi connectivity index (χ1n) is 11.7. The topological polar surface area (TPSA) is 146 Å². The van der Waals surface area contributed by atoms with Gasteiger partial charge in [0.2, 0.25) is 11.8 Å². The number of alkyl halides is 3. The third-order valence-electron chi connectivity index (χ3n) is 6.38. The van der Waals surface area contributed by atoms with Crippen LogP contribution in [0.25, 0.3) is 0 Å². The number of thioether (sulfide) groups is 1. The number of para-hydroxylation sites is 1. The highest BCUT2D eigenvalue weighted by Crippen LogP contribution is 2.54. The number of nitrogens with zero attached hydrogens (tertiary/aromatic N) is 1. The Hall–Kier alpha value is -3.82. The Morgan fingerprint density at radius 1 is 1.12 bits per heavy atom. The number of hydrogen-bond donors (Lipinski definition) is 3. The molecule has 3 heterocycles. The molecule has 0 spiro atoms. The van der Waals surface area contributed by atoms with Crippen LogP contribution in [0.2, 0.25) is 5.02 Å². The number of hydrogen-bond acceptors (Lipinski definition) is 8. The fraction of sp³-hybridized carbons (Fsp3) is 0.240.